The maximum absolute atomic E-state index is 12.9. The summed E-state index contributed by atoms with van der Waals surface area (Å²) in [4.78, 5) is 47.8. The highest BCUT2D eigenvalue weighted by molar-refractivity contribution is 7.98. The van der Waals surface area contributed by atoms with Crippen LogP contribution in [0.4, 0.5) is 0 Å². The standard InChI is InChI=1S/C20H21N5O4S2/c1-10(2)8-25-17-14(16(26)23(3)20(25)29)13(18(27)28)12(31-17)9-24-15-11(6-5-7-21-15)22-19(24)30-4/h5-7,10H,8-9H2,1-4H3,(H,27,28). The number of rotatable bonds is 6. The summed E-state index contributed by atoms with van der Waals surface area (Å²) in [5, 5.41) is 10.8. The molecule has 4 heterocycles. The summed E-state index contributed by atoms with van der Waals surface area (Å²) in [7, 11) is 1.38. The minimum Gasteiger partial charge on any atom is -0.478 e. The van der Waals surface area contributed by atoms with E-state index >= 15 is 0 Å². The maximum atomic E-state index is 12.9. The van der Waals surface area contributed by atoms with Crippen LogP contribution in [0, 0.1) is 5.92 Å². The first-order valence-electron chi connectivity index (χ1n) is 9.58. The molecule has 0 aliphatic heterocycles. The van der Waals surface area contributed by atoms with Crippen LogP contribution in [0.1, 0.15) is 29.1 Å². The normalized spacial score (nSPS) is 11.8. The van der Waals surface area contributed by atoms with Crippen molar-refractivity contribution in [2.75, 3.05) is 6.26 Å². The van der Waals surface area contributed by atoms with Crippen LogP contribution < -0.4 is 11.2 Å². The van der Waals surface area contributed by atoms with Crippen molar-refractivity contribution in [2.45, 2.75) is 32.1 Å². The van der Waals surface area contributed by atoms with Gasteiger partial charge in [-0.15, -0.1) is 11.3 Å². The van der Waals surface area contributed by atoms with Gasteiger partial charge in [-0.2, -0.15) is 0 Å². The molecule has 0 saturated carbocycles. The Morgan fingerprint density at radius 3 is 2.68 bits per heavy atom. The molecule has 0 atom stereocenters. The van der Waals surface area contributed by atoms with Crippen molar-refractivity contribution in [2.24, 2.45) is 13.0 Å². The minimum atomic E-state index is -1.20. The zero-order valence-corrected chi connectivity index (χ0v) is 19.1. The van der Waals surface area contributed by atoms with E-state index in [2.05, 4.69) is 9.97 Å². The SMILES string of the molecule is CSc1nc2cccnc2n1Cc1sc2c(c1C(=O)O)c(=O)n(C)c(=O)n2CC(C)C. The van der Waals surface area contributed by atoms with Crippen LogP contribution in [0.25, 0.3) is 21.4 Å². The molecule has 4 aromatic rings. The molecule has 0 saturated heterocycles. The van der Waals surface area contributed by atoms with Crippen molar-refractivity contribution < 1.29 is 9.90 Å². The Hall–Kier alpha value is -2.92. The Balaban J connectivity index is 2.03. The number of imidazole rings is 1. The molecule has 0 fully saturated rings. The first-order chi connectivity index (χ1) is 14.7. The van der Waals surface area contributed by atoms with E-state index in [1.54, 1.807) is 12.3 Å². The van der Waals surface area contributed by atoms with Crippen LogP contribution in [0.3, 0.4) is 0 Å². The summed E-state index contributed by atoms with van der Waals surface area (Å²) in [6, 6.07) is 3.64. The largest absolute Gasteiger partial charge is 0.478 e. The fourth-order valence-electron chi connectivity index (χ4n) is 3.62. The van der Waals surface area contributed by atoms with E-state index in [4.69, 9.17) is 0 Å². The Kier molecular flexibility index (Phi) is 5.48. The molecule has 162 valence electrons. The van der Waals surface area contributed by atoms with E-state index in [9.17, 15) is 19.5 Å². The monoisotopic (exact) mass is 459 g/mol. The Labute approximate surface area is 185 Å². The van der Waals surface area contributed by atoms with Crippen molar-refractivity contribution in [3.63, 3.8) is 0 Å². The van der Waals surface area contributed by atoms with Crippen LogP contribution in [0.15, 0.2) is 33.1 Å². The van der Waals surface area contributed by atoms with E-state index in [0.29, 0.717) is 32.6 Å². The van der Waals surface area contributed by atoms with E-state index in [-0.39, 0.29) is 23.4 Å². The molecule has 4 aromatic heterocycles. The number of nitrogens with zero attached hydrogens (tertiary/aromatic N) is 5. The molecule has 4 rings (SSSR count). The van der Waals surface area contributed by atoms with Gasteiger partial charge in [-0.1, -0.05) is 25.6 Å². The molecule has 0 bridgehead atoms. The summed E-state index contributed by atoms with van der Waals surface area (Å²) in [5.74, 6) is -1.06. The van der Waals surface area contributed by atoms with Gasteiger partial charge in [0.05, 0.1) is 17.5 Å². The third-order valence-corrected chi connectivity index (χ3v) is 6.83. The molecule has 0 unspecified atom stereocenters. The Morgan fingerprint density at radius 2 is 2.03 bits per heavy atom. The van der Waals surface area contributed by atoms with Crippen LogP contribution in [0.2, 0.25) is 0 Å². The second-order valence-corrected chi connectivity index (χ2v) is 9.42. The van der Waals surface area contributed by atoms with Gasteiger partial charge in [0.15, 0.2) is 10.8 Å². The van der Waals surface area contributed by atoms with Gasteiger partial charge in [-0.3, -0.25) is 18.5 Å². The second-order valence-electron chi connectivity index (χ2n) is 7.57. The number of pyridine rings is 1. The van der Waals surface area contributed by atoms with E-state index in [1.165, 1.54) is 34.7 Å². The van der Waals surface area contributed by atoms with Gasteiger partial charge in [0.25, 0.3) is 5.56 Å². The molecular weight excluding hydrogens is 438 g/mol. The second kappa shape index (κ2) is 7.97. The number of fused-ring (bicyclic) bond motifs is 2. The lowest BCUT2D eigenvalue weighted by Crippen LogP contribution is -2.38. The third-order valence-electron chi connectivity index (χ3n) is 4.96. The maximum Gasteiger partial charge on any atom is 0.337 e. The fourth-order valence-corrected chi connectivity index (χ4v) is 5.45. The number of hydrogen-bond acceptors (Lipinski definition) is 7. The molecule has 1 N–H and O–H groups in total. The lowest BCUT2D eigenvalue weighted by Gasteiger charge is -2.11. The van der Waals surface area contributed by atoms with Gasteiger partial charge in [-0.05, 0) is 24.3 Å². The number of thioether (sulfide) groups is 1. The number of carbonyl (C=O) groups is 1. The molecule has 9 nitrogen and oxygen atoms in total. The molecular formula is C20H21N5O4S2. The predicted molar refractivity (Wildman–Crippen MR) is 122 cm³/mol. The molecule has 0 radical (unpaired) electrons. The quantitative estimate of drug-likeness (QED) is 0.441. The highest BCUT2D eigenvalue weighted by Crippen LogP contribution is 2.32. The number of carboxylic acid groups (broad SMARTS) is 1. The molecule has 0 aliphatic rings. The first-order valence-corrected chi connectivity index (χ1v) is 11.6. The molecule has 31 heavy (non-hydrogen) atoms. The van der Waals surface area contributed by atoms with Gasteiger partial charge in [0, 0.05) is 24.7 Å². The van der Waals surface area contributed by atoms with Gasteiger partial charge in [0.2, 0.25) is 0 Å². The highest BCUT2D eigenvalue weighted by Gasteiger charge is 2.26. The fraction of sp³-hybridized carbons (Fsp3) is 0.350. The first kappa shape index (κ1) is 21.3. The number of thiophene rings is 1. The number of aromatic carboxylic acids is 1. The van der Waals surface area contributed by atoms with Crippen molar-refractivity contribution in [1.29, 1.82) is 0 Å². The zero-order valence-electron chi connectivity index (χ0n) is 17.4. The number of carboxylic acids is 1. The van der Waals surface area contributed by atoms with Crippen LogP contribution >= 0.6 is 23.1 Å². The van der Waals surface area contributed by atoms with E-state index < -0.39 is 17.2 Å². The lowest BCUT2D eigenvalue weighted by molar-refractivity contribution is 0.0698. The predicted octanol–water partition coefficient (Wildman–Crippen LogP) is 2.63. The van der Waals surface area contributed by atoms with Gasteiger partial charge in [0.1, 0.15) is 10.3 Å². The van der Waals surface area contributed by atoms with Gasteiger partial charge >= 0.3 is 11.7 Å². The van der Waals surface area contributed by atoms with Crippen LogP contribution in [-0.2, 0) is 20.1 Å². The molecule has 0 amide bonds. The summed E-state index contributed by atoms with van der Waals surface area (Å²) in [6.07, 6.45) is 3.54. The third kappa shape index (κ3) is 3.47. The lowest BCUT2D eigenvalue weighted by atomic mass is 10.1. The highest BCUT2D eigenvalue weighted by atomic mass is 32.2. The minimum absolute atomic E-state index is 0.0667. The Morgan fingerprint density at radius 1 is 1.29 bits per heavy atom. The van der Waals surface area contributed by atoms with E-state index in [1.807, 2.05) is 30.7 Å². The smallest absolute Gasteiger partial charge is 0.337 e. The van der Waals surface area contributed by atoms with Crippen molar-refractivity contribution in [3.05, 3.63) is 49.6 Å². The zero-order chi connectivity index (χ0) is 22.4. The summed E-state index contributed by atoms with van der Waals surface area (Å²) < 4.78 is 4.32. The van der Waals surface area contributed by atoms with E-state index in [0.717, 1.165) is 4.57 Å². The number of hydrogen-bond donors (Lipinski definition) is 1. The average molecular weight is 460 g/mol. The van der Waals surface area contributed by atoms with Crippen molar-refractivity contribution >= 4 is 50.4 Å². The van der Waals surface area contributed by atoms with Gasteiger partial charge in [-0.25, -0.2) is 19.6 Å². The van der Waals surface area contributed by atoms with Crippen LogP contribution in [0.5, 0.6) is 0 Å². The molecule has 0 aliphatic carbocycles. The van der Waals surface area contributed by atoms with Gasteiger partial charge < -0.3 is 5.11 Å². The topological polar surface area (TPSA) is 112 Å². The van der Waals surface area contributed by atoms with Crippen molar-refractivity contribution in [3.8, 4) is 0 Å². The summed E-state index contributed by atoms with van der Waals surface area (Å²) in [5.41, 5.74) is 0.225. The molecule has 0 aromatic carbocycles. The Bertz CT molecular complexity index is 1440. The average Bonchev–Trinajstić information content (AvgIpc) is 3.28. The van der Waals surface area contributed by atoms with Crippen molar-refractivity contribution in [1.82, 2.24) is 23.7 Å². The summed E-state index contributed by atoms with van der Waals surface area (Å²) >= 11 is 2.60. The molecule has 11 heteroatoms. The van der Waals surface area contributed by atoms with Crippen LogP contribution in [-0.4, -0.2) is 41.0 Å². The number of aromatic nitrogens is 5. The summed E-state index contributed by atoms with van der Waals surface area (Å²) in [6.45, 7) is 4.49. The molecule has 0 spiro atoms.